The molecule has 0 saturated carbocycles. The Morgan fingerprint density at radius 3 is 2.81 bits per heavy atom. The zero-order chi connectivity index (χ0) is 19.5. The van der Waals surface area contributed by atoms with Crippen molar-refractivity contribution in [2.75, 3.05) is 6.61 Å². The molecule has 1 N–H and O–H groups in total. The van der Waals surface area contributed by atoms with E-state index in [4.69, 9.17) is 9.26 Å². The minimum atomic E-state index is -1.79. The van der Waals surface area contributed by atoms with Crippen molar-refractivity contribution >= 4 is 20.4 Å². The maximum absolute atomic E-state index is 10.7. The van der Waals surface area contributed by atoms with Crippen molar-refractivity contribution in [2.24, 2.45) is 12.2 Å². The topological polar surface area (TPSA) is 77.7 Å². The molecule has 1 aromatic rings. The van der Waals surface area contributed by atoms with Gasteiger partial charge in [-0.1, -0.05) is 25.9 Å². The lowest BCUT2D eigenvalue weighted by Gasteiger charge is -2.36. The zero-order valence-electron chi connectivity index (χ0n) is 17.0. The summed E-state index contributed by atoms with van der Waals surface area (Å²) >= 11 is 0. The van der Waals surface area contributed by atoms with Gasteiger partial charge in [-0.15, -0.1) is 0 Å². The van der Waals surface area contributed by atoms with Crippen LogP contribution in [0.2, 0.25) is 18.1 Å². The molecule has 146 valence electrons. The van der Waals surface area contributed by atoms with Crippen LogP contribution < -0.4 is 5.32 Å². The molecule has 0 spiro atoms. The van der Waals surface area contributed by atoms with Gasteiger partial charge in [0.15, 0.2) is 14.4 Å². The lowest BCUT2D eigenvalue weighted by molar-refractivity contribution is -0.110. The van der Waals surface area contributed by atoms with Crippen LogP contribution in [0.4, 0.5) is 0 Å². The maximum atomic E-state index is 10.7. The highest BCUT2D eigenvalue weighted by Crippen LogP contribution is 2.37. The van der Waals surface area contributed by atoms with E-state index in [9.17, 15) is 4.79 Å². The molecule has 0 radical (unpaired) electrons. The van der Waals surface area contributed by atoms with Crippen molar-refractivity contribution < 1.29 is 14.1 Å². The number of aromatic nitrogens is 2. The van der Waals surface area contributed by atoms with Crippen LogP contribution in [0.3, 0.4) is 0 Å². The standard InChI is InChI=1S/C18H32N4O3Si/c1-13(19-12-23)16-10-20-22(5)17(16)9-14-8-15(25-21-14)11-24-26(6,7)18(2,3)4/h10,12-13,15H,8-9,11H2,1-7H3,(H,19,23)/t13-,15?/m0/s1. The van der Waals surface area contributed by atoms with Gasteiger partial charge < -0.3 is 14.6 Å². The number of amides is 1. The number of carbonyl (C=O) groups is 1. The van der Waals surface area contributed by atoms with Crippen molar-refractivity contribution in [3.05, 3.63) is 17.5 Å². The van der Waals surface area contributed by atoms with Gasteiger partial charge in [0.2, 0.25) is 6.41 Å². The van der Waals surface area contributed by atoms with Gasteiger partial charge in [-0.3, -0.25) is 9.48 Å². The zero-order valence-corrected chi connectivity index (χ0v) is 18.0. The minimum Gasteiger partial charge on any atom is -0.413 e. The third kappa shape index (κ3) is 4.73. The van der Waals surface area contributed by atoms with E-state index in [1.165, 1.54) is 0 Å². The lowest BCUT2D eigenvalue weighted by Crippen LogP contribution is -2.42. The number of nitrogens with one attached hydrogen (secondary N) is 1. The summed E-state index contributed by atoms with van der Waals surface area (Å²) in [4.78, 5) is 16.3. The molecule has 1 aliphatic rings. The first kappa shape index (κ1) is 20.6. The fourth-order valence-electron chi connectivity index (χ4n) is 2.64. The van der Waals surface area contributed by atoms with Crippen LogP contribution in [0.15, 0.2) is 11.4 Å². The van der Waals surface area contributed by atoms with Crippen LogP contribution in [0.25, 0.3) is 0 Å². The summed E-state index contributed by atoms with van der Waals surface area (Å²) in [5, 5.41) is 11.5. The second-order valence-electron chi connectivity index (χ2n) is 8.51. The summed E-state index contributed by atoms with van der Waals surface area (Å²) in [5.41, 5.74) is 3.03. The normalized spacial score (nSPS) is 19.0. The predicted octanol–water partition coefficient (Wildman–Crippen LogP) is 2.94. The van der Waals surface area contributed by atoms with Crippen LogP contribution in [-0.2, 0) is 27.5 Å². The average molecular weight is 381 g/mol. The van der Waals surface area contributed by atoms with Crippen LogP contribution >= 0.6 is 0 Å². The molecule has 1 amide bonds. The average Bonchev–Trinajstić information content (AvgIpc) is 3.13. The fourth-order valence-corrected chi connectivity index (χ4v) is 3.68. The second-order valence-corrected chi connectivity index (χ2v) is 13.3. The Bertz CT molecular complexity index is 664. The molecular weight excluding hydrogens is 348 g/mol. The lowest BCUT2D eigenvalue weighted by atomic mass is 10.0. The summed E-state index contributed by atoms with van der Waals surface area (Å²) in [6.07, 6.45) is 3.90. The van der Waals surface area contributed by atoms with Crippen LogP contribution in [0, 0.1) is 0 Å². The molecule has 2 heterocycles. The van der Waals surface area contributed by atoms with Gasteiger partial charge in [0, 0.05) is 31.1 Å². The molecule has 0 aromatic carbocycles. The molecule has 0 bridgehead atoms. The van der Waals surface area contributed by atoms with Gasteiger partial charge in [-0.2, -0.15) is 5.10 Å². The summed E-state index contributed by atoms with van der Waals surface area (Å²) in [7, 11) is 0.118. The van der Waals surface area contributed by atoms with Crippen LogP contribution in [-0.4, -0.2) is 42.9 Å². The van der Waals surface area contributed by atoms with Gasteiger partial charge in [-0.05, 0) is 25.1 Å². The Morgan fingerprint density at radius 1 is 1.50 bits per heavy atom. The number of nitrogens with zero attached hydrogens (tertiary/aromatic N) is 3. The second kappa shape index (κ2) is 7.92. The summed E-state index contributed by atoms with van der Waals surface area (Å²) in [6, 6.07) is -0.0863. The SMILES string of the molecule is C[C@H](NC=O)c1cnn(C)c1CC1=NOC(CO[Si](C)(C)C(C)(C)C)C1. The molecule has 0 aliphatic carbocycles. The summed E-state index contributed by atoms with van der Waals surface area (Å²) in [6.45, 7) is 13.7. The van der Waals surface area contributed by atoms with E-state index < -0.39 is 8.32 Å². The maximum Gasteiger partial charge on any atom is 0.207 e. The number of aryl methyl sites for hydroxylation is 1. The molecule has 7 nitrogen and oxygen atoms in total. The molecule has 26 heavy (non-hydrogen) atoms. The highest BCUT2D eigenvalue weighted by Gasteiger charge is 2.38. The molecule has 1 aliphatic heterocycles. The van der Waals surface area contributed by atoms with Crippen molar-refractivity contribution in [3.63, 3.8) is 0 Å². The van der Waals surface area contributed by atoms with E-state index in [1.807, 2.05) is 18.7 Å². The number of hydrogen-bond acceptors (Lipinski definition) is 5. The van der Waals surface area contributed by atoms with Gasteiger partial charge in [0.1, 0.15) is 0 Å². The molecule has 0 fully saturated rings. The Balaban J connectivity index is 1.94. The highest BCUT2D eigenvalue weighted by atomic mass is 28.4. The van der Waals surface area contributed by atoms with Gasteiger partial charge in [-0.25, -0.2) is 0 Å². The van der Waals surface area contributed by atoms with Crippen LogP contribution in [0.1, 0.15) is 51.4 Å². The number of rotatable bonds is 8. The highest BCUT2D eigenvalue weighted by molar-refractivity contribution is 6.74. The largest absolute Gasteiger partial charge is 0.413 e. The molecule has 0 saturated heterocycles. The molecule has 1 aromatic heterocycles. The smallest absolute Gasteiger partial charge is 0.207 e. The van der Waals surface area contributed by atoms with Crippen molar-refractivity contribution in [1.82, 2.24) is 15.1 Å². The van der Waals surface area contributed by atoms with Crippen molar-refractivity contribution in [1.29, 1.82) is 0 Å². The van der Waals surface area contributed by atoms with E-state index in [-0.39, 0.29) is 17.2 Å². The first-order valence-corrected chi connectivity index (χ1v) is 12.0. The van der Waals surface area contributed by atoms with Gasteiger partial charge >= 0.3 is 0 Å². The van der Waals surface area contributed by atoms with E-state index in [0.717, 1.165) is 23.4 Å². The Labute approximate surface area is 157 Å². The Kier molecular flexibility index (Phi) is 6.28. The van der Waals surface area contributed by atoms with Gasteiger partial charge in [0.05, 0.1) is 24.6 Å². The molecule has 2 atom stereocenters. The minimum absolute atomic E-state index is 0.0265. The monoisotopic (exact) mass is 380 g/mol. The summed E-state index contributed by atoms with van der Waals surface area (Å²) < 4.78 is 8.09. The number of hydrogen-bond donors (Lipinski definition) is 1. The van der Waals surface area contributed by atoms with Gasteiger partial charge in [0.25, 0.3) is 0 Å². The van der Waals surface area contributed by atoms with Crippen molar-refractivity contribution in [3.8, 4) is 0 Å². The van der Waals surface area contributed by atoms with E-state index in [2.05, 4.69) is 49.4 Å². The molecule has 8 heteroatoms. The number of carbonyl (C=O) groups excluding carboxylic acids is 1. The van der Waals surface area contributed by atoms with Crippen molar-refractivity contribution in [2.45, 2.75) is 70.8 Å². The van der Waals surface area contributed by atoms with E-state index in [1.54, 1.807) is 6.20 Å². The third-order valence-corrected chi connectivity index (χ3v) is 9.98. The predicted molar refractivity (Wildman–Crippen MR) is 105 cm³/mol. The first-order chi connectivity index (χ1) is 12.0. The first-order valence-electron chi connectivity index (χ1n) is 9.11. The quantitative estimate of drug-likeness (QED) is 0.556. The Hall–Kier alpha value is -1.67. The van der Waals surface area contributed by atoms with E-state index >= 15 is 0 Å². The van der Waals surface area contributed by atoms with E-state index in [0.29, 0.717) is 19.4 Å². The molecular formula is C18H32N4O3Si. The summed E-state index contributed by atoms with van der Waals surface area (Å²) in [5.74, 6) is 0. The Morgan fingerprint density at radius 2 is 2.19 bits per heavy atom. The molecule has 1 unspecified atom stereocenters. The number of oxime groups is 1. The van der Waals surface area contributed by atoms with Crippen LogP contribution in [0.5, 0.6) is 0 Å². The third-order valence-electron chi connectivity index (χ3n) is 5.48. The molecule has 2 rings (SSSR count). The fraction of sp³-hybridized carbons (Fsp3) is 0.722.